The summed E-state index contributed by atoms with van der Waals surface area (Å²) in [6.45, 7) is 4.02. The standard InChI is InChI=1S/C12H18O3/c1-8-5-6-10(9(2)7-13)12(15-4)11(8)14-3/h5-6,9,13H,7H2,1-4H3/t9-/m1/s1. The number of ether oxygens (including phenoxy) is 2. The molecule has 0 aliphatic heterocycles. The van der Waals surface area contributed by atoms with Crippen LogP contribution >= 0.6 is 0 Å². The van der Waals surface area contributed by atoms with E-state index in [-0.39, 0.29) is 12.5 Å². The molecule has 1 aromatic rings. The van der Waals surface area contributed by atoms with E-state index in [1.54, 1.807) is 14.2 Å². The van der Waals surface area contributed by atoms with Crippen LogP contribution in [0.4, 0.5) is 0 Å². The van der Waals surface area contributed by atoms with Gasteiger partial charge < -0.3 is 14.6 Å². The number of aryl methyl sites for hydroxylation is 1. The lowest BCUT2D eigenvalue weighted by molar-refractivity contribution is 0.268. The van der Waals surface area contributed by atoms with Crippen molar-refractivity contribution in [1.29, 1.82) is 0 Å². The third-order valence-electron chi connectivity index (χ3n) is 2.55. The average Bonchev–Trinajstić information content (AvgIpc) is 2.27. The Kier molecular flexibility index (Phi) is 3.97. The summed E-state index contributed by atoms with van der Waals surface area (Å²) >= 11 is 0. The van der Waals surface area contributed by atoms with Gasteiger partial charge in [-0.2, -0.15) is 0 Å². The molecule has 1 rings (SSSR count). The molecular weight excluding hydrogens is 192 g/mol. The Labute approximate surface area is 90.6 Å². The second-order valence-corrected chi connectivity index (χ2v) is 3.62. The molecule has 0 saturated heterocycles. The third kappa shape index (κ3) is 2.23. The first-order valence-electron chi connectivity index (χ1n) is 4.98. The van der Waals surface area contributed by atoms with Gasteiger partial charge in [0, 0.05) is 18.1 Å². The summed E-state index contributed by atoms with van der Waals surface area (Å²) in [4.78, 5) is 0. The van der Waals surface area contributed by atoms with Gasteiger partial charge in [-0.15, -0.1) is 0 Å². The summed E-state index contributed by atoms with van der Waals surface area (Å²) in [6, 6.07) is 3.94. The van der Waals surface area contributed by atoms with E-state index in [1.807, 2.05) is 26.0 Å². The Bertz CT molecular complexity index is 334. The number of hydrogen-bond acceptors (Lipinski definition) is 3. The second kappa shape index (κ2) is 5.03. The first-order chi connectivity index (χ1) is 7.15. The fourth-order valence-corrected chi connectivity index (χ4v) is 1.63. The zero-order valence-electron chi connectivity index (χ0n) is 9.70. The molecule has 0 aliphatic rings. The summed E-state index contributed by atoms with van der Waals surface area (Å²) in [7, 11) is 3.24. The minimum atomic E-state index is 0.0504. The number of aliphatic hydroxyl groups excluding tert-OH is 1. The summed E-state index contributed by atoms with van der Waals surface area (Å²) in [5.41, 5.74) is 2.01. The van der Waals surface area contributed by atoms with Crippen LogP contribution in [0.25, 0.3) is 0 Å². The minimum absolute atomic E-state index is 0.0504. The van der Waals surface area contributed by atoms with Crippen LogP contribution in [-0.4, -0.2) is 25.9 Å². The van der Waals surface area contributed by atoms with Crippen molar-refractivity contribution in [2.45, 2.75) is 19.8 Å². The van der Waals surface area contributed by atoms with Crippen LogP contribution < -0.4 is 9.47 Å². The van der Waals surface area contributed by atoms with Crippen molar-refractivity contribution in [1.82, 2.24) is 0 Å². The van der Waals surface area contributed by atoms with E-state index < -0.39 is 0 Å². The molecule has 0 heterocycles. The highest BCUT2D eigenvalue weighted by Crippen LogP contribution is 2.37. The van der Waals surface area contributed by atoms with Crippen molar-refractivity contribution < 1.29 is 14.6 Å². The van der Waals surface area contributed by atoms with Gasteiger partial charge in [-0.05, 0) is 12.5 Å². The molecule has 1 aromatic carbocycles. The van der Waals surface area contributed by atoms with E-state index in [0.717, 1.165) is 22.6 Å². The van der Waals surface area contributed by atoms with Gasteiger partial charge >= 0.3 is 0 Å². The maximum Gasteiger partial charge on any atom is 0.164 e. The Morgan fingerprint density at radius 3 is 2.27 bits per heavy atom. The van der Waals surface area contributed by atoms with Crippen molar-refractivity contribution in [3.63, 3.8) is 0 Å². The third-order valence-corrected chi connectivity index (χ3v) is 2.55. The van der Waals surface area contributed by atoms with Crippen LogP contribution in [-0.2, 0) is 0 Å². The van der Waals surface area contributed by atoms with Gasteiger partial charge in [0.25, 0.3) is 0 Å². The zero-order chi connectivity index (χ0) is 11.4. The van der Waals surface area contributed by atoms with Gasteiger partial charge in [0.15, 0.2) is 11.5 Å². The fraction of sp³-hybridized carbons (Fsp3) is 0.500. The molecule has 0 bridgehead atoms. The number of benzene rings is 1. The molecule has 0 amide bonds. The summed E-state index contributed by atoms with van der Waals surface area (Å²) in [5.74, 6) is 1.52. The maximum atomic E-state index is 9.14. The van der Waals surface area contributed by atoms with E-state index in [1.165, 1.54) is 0 Å². The predicted octanol–water partition coefficient (Wildman–Crippen LogP) is 2.11. The van der Waals surface area contributed by atoms with Crippen LogP contribution in [0.2, 0.25) is 0 Å². The van der Waals surface area contributed by atoms with Gasteiger partial charge in [-0.25, -0.2) is 0 Å². The molecule has 0 aliphatic carbocycles. The van der Waals surface area contributed by atoms with Crippen molar-refractivity contribution in [3.05, 3.63) is 23.3 Å². The molecule has 15 heavy (non-hydrogen) atoms. The van der Waals surface area contributed by atoms with Crippen molar-refractivity contribution in [2.24, 2.45) is 0 Å². The normalized spacial score (nSPS) is 12.3. The van der Waals surface area contributed by atoms with E-state index in [9.17, 15) is 0 Å². The van der Waals surface area contributed by atoms with Crippen LogP contribution in [0.3, 0.4) is 0 Å². The van der Waals surface area contributed by atoms with Crippen molar-refractivity contribution in [3.8, 4) is 11.5 Å². The summed E-state index contributed by atoms with van der Waals surface area (Å²) in [6.07, 6.45) is 0. The SMILES string of the molecule is COc1c(C)ccc([C@H](C)CO)c1OC. The van der Waals surface area contributed by atoms with Gasteiger partial charge in [0.2, 0.25) is 0 Å². The molecule has 1 N–H and O–H groups in total. The Morgan fingerprint density at radius 1 is 1.20 bits per heavy atom. The van der Waals surface area contributed by atoms with Crippen LogP contribution in [0, 0.1) is 6.92 Å². The molecule has 0 unspecified atom stereocenters. The highest BCUT2D eigenvalue weighted by atomic mass is 16.5. The Morgan fingerprint density at radius 2 is 1.80 bits per heavy atom. The average molecular weight is 210 g/mol. The van der Waals surface area contributed by atoms with Gasteiger partial charge in [0.1, 0.15) is 0 Å². The Hall–Kier alpha value is -1.22. The number of aliphatic hydroxyl groups is 1. The molecule has 0 saturated carbocycles. The van der Waals surface area contributed by atoms with Crippen LogP contribution in [0.5, 0.6) is 11.5 Å². The maximum absolute atomic E-state index is 9.14. The quantitative estimate of drug-likeness (QED) is 0.827. The van der Waals surface area contributed by atoms with Gasteiger partial charge in [-0.3, -0.25) is 0 Å². The number of methoxy groups -OCH3 is 2. The monoisotopic (exact) mass is 210 g/mol. The molecule has 3 heteroatoms. The number of hydrogen-bond donors (Lipinski definition) is 1. The zero-order valence-corrected chi connectivity index (χ0v) is 9.70. The molecule has 3 nitrogen and oxygen atoms in total. The lowest BCUT2D eigenvalue weighted by Crippen LogP contribution is -2.04. The summed E-state index contributed by atoms with van der Waals surface area (Å²) in [5, 5.41) is 9.14. The lowest BCUT2D eigenvalue weighted by atomic mass is 9.98. The molecule has 1 atom stereocenters. The molecule has 0 aromatic heterocycles. The summed E-state index contributed by atoms with van der Waals surface area (Å²) < 4.78 is 10.6. The highest BCUT2D eigenvalue weighted by Gasteiger charge is 2.16. The van der Waals surface area contributed by atoms with E-state index in [0.29, 0.717) is 0 Å². The molecule has 84 valence electrons. The van der Waals surface area contributed by atoms with E-state index in [2.05, 4.69) is 0 Å². The number of rotatable bonds is 4. The molecule has 0 radical (unpaired) electrons. The van der Waals surface area contributed by atoms with Crippen molar-refractivity contribution in [2.75, 3.05) is 20.8 Å². The molecular formula is C12H18O3. The minimum Gasteiger partial charge on any atom is -0.493 e. The van der Waals surface area contributed by atoms with Gasteiger partial charge in [-0.1, -0.05) is 19.1 Å². The van der Waals surface area contributed by atoms with Crippen LogP contribution in [0.1, 0.15) is 24.0 Å². The van der Waals surface area contributed by atoms with E-state index >= 15 is 0 Å². The van der Waals surface area contributed by atoms with E-state index in [4.69, 9.17) is 14.6 Å². The molecule has 0 fully saturated rings. The Balaban J connectivity index is 3.28. The van der Waals surface area contributed by atoms with Crippen molar-refractivity contribution >= 4 is 0 Å². The fourth-order valence-electron chi connectivity index (χ4n) is 1.63. The first-order valence-corrected chi connectivity index (χ1v) is 4.98. The second-order valence-electron chi connectivity index (χ2n) is 3.62. The van der Waals surface area contributed by atoms with Crippen LogP contribution in [0.15, 0.2) is 12.1 Å². The topological polar surface area (TPSA) is 38.7 Å². The smallest absolute Gasteiger partial charge is 0.164 e. The largest absolute Gasteiger partial charge is 0.493 e. The van der Waals surface area contributed by atoms with Gasteiger partial charge in [0.05, 0.1) is 14.2 Å². The predicted molar refractivity (Wildman–Crippen MR) is 59.8 cm³/mol. The first kappa shape index (κ1) is 11.9. The lowest BCUT2D eigenvalue weighted by Gasteiger charge is -2.17. The molecule has 0 spiro atoms. The highest BCUT2D eigenvalue weighted by molar-refractivity contribution is 5.52.